The van der Waals surface area contributed by atoms with E-state index in [0.717, 1.165) is 7.11 Å². The minimum atomic E-state index is -3.70. The molecule has 1 aliphatic rings. The Balaban J connectivity index is 3.06. The summed E-state index contributed by atoms with van der Waals surface area (Å²) in [6, 6.07) is -3.40. The van der Waals surface area contributed by atoms with Gasteiger partial charge in [-0.2, -0.15) is 0 Å². The lowest BCUT2D eigenvalue weighted by Crippen LogP contribution is -2.42. The highest BCUT2D eigenvalue weighted by Crippen LogP contribution is 2.40. The van der Waals surface area contributed by atoms with Crippen molar-refractivity contribution < 1.29 is 27.7 Å². The molecular formula is C17H27NO2. The van der Waals surface area contributed by atoms with Crippen molar-refractivity contribution in [2.45, 2.75) is 43.6 Å². The first-order valence-corrected chi connectivity index (χ1v) is 6.46. The molecule has 1 saturated carbocycles. The van der Waals surface area contributed by atoms with Crippen LogP contribution < -0.4 is 4.74 Å². The number of methoxy groups -OCH3 is 1. The molecule has 1 N–H and O–H groups in total. The van der Waals surface area contributed by atoms with Crippen LogP contribution in [0.4, 0.5) is 0 Å². The van der Waals surface area contributed by atoms with E-state index in [1.165, 1.54) is 0 Å². The molecule has 1 atom stereocenters. The van der Waals surface area contributed by atoms with E-state index in [0.29, 0.717) is 19.3 Å². The summed E-state index contributed by atoms with van der Waals surface area (Å²) in [6.07, 6.45) is 0.732. The molecule has 20 heavy (non-hydrogen) atoms. The van der Waals surface area contributed by atoms with Crippen molar-refractivity contribution in [1.29, 1.82) is 0 Å². The van der Waals surface area contributed by atoms with Crippen molar-refractivity contribution in [2.24, 2.45) is 0 Å². The highest BCUT2D eigenvalue weighted by atomic mass is 16.5. The molecule has 3 heteroatoms. The number of likely N-dealkylation sites (N-methyl/N-ethyl adjacent to an activating group) is 1. The highest BCUT2D eigenvalue weighted by molar-refractivity contribution is 5.31. The molecule has 0 amide bonds. The second-order valence-electron chi connectivity index (χ2n) is 4.82. The van der Waals surface area contributed by atoms with Gasteiger partial charge in [0.2, 0.25) is 0 Å². The van der Waals surface area contributed by atoms with Gasteiger partial charge in [-0.15, -0.1) is 0 Å². The molecule has 1 fully saturated rings. The summed E-state index contributed by atoms with van der Waals surface area (Å²) in [5.41, 5.74) is -3.34. The Labute approximate surface area is 140 Å². The first kappa shape index (κ1) is 5.62. The lowest BCUT2D eigenvalue weighted by atomic mass is 9.72. The largest absolute Gasteiger partial charge is 0.497 e. The molecule has 0 aliphatic heterocycles. The van der Waals surface area contributed by atoms with Crippen molar-refractivity contribution in [3.8, 4) is 5.75 Å². The van der Waals surface area contributed by atoms with Crippen molar-refractivity contribution in [1.82, 2.24) is 4.90 Å². The van der Waals surface area contributed by atoms with Gasteiger partial charge in [0.05, 0.1) is 18.2 Å². The summed E-state index contributed by atoms with van der Waals surface area (Å²) in [6.45, 7) is -10.9. The number of aliphatic hydroxyl groups is 1. The molecule has 0 radical (unpaired) electrons. The van der Waals surface area contributed by atoms with Gasteiger partial charge in [0.25, 0.3) is 0 Å². The highest BCUT2D eigenvalue weighted by Gasteiger charge is 2.38. The van der Waals surface area contributed by atoms with Crippen molar-refractivity contribution in [3.05, 3.63) is 29.7 Å². The molecule has 1 aromatic rings. The number of benzene rings is 1. The first-order chi connectivity index (χ1) is 14.8. The van der Waals surface area contributed by atoms with E-state index in [2.05, 4.69) is 0 Å². The topological polar surface area (TPSA) is 32.7 Å². The van der Waals surface area contributed by atoms with E-state index in [1.54, 1.807) is 0 Å². The second kappa shape index (κ2) is 6.59. The lowest BCUT2D eigenvalue weighted by molar-refractivity contribution is -0.0277. The quantitative estimate of drug-likeness (QED) is 0.905. The predicted molar refractivity (Wildman–Crippen MR) is 82.3 cm³/mol. The zero-order valence-corrected chi connectivity index (χ0v) is 11.3. The fourth-order valence-electron chi connectivity index (χ4n) is 2.42. The molecule has 0 saturated heterocycles. The standard InChI is InChI=1S/C17H27NO2/c1-18(2)13-16(17(19)11-5-4-6-12-17)14-7-9-15(20-3)10-8-14/h7-10,16,19H,4-6,11-13H2,1-3H3/i1D3,2D3,7D,8D,9D,10D,13D2,16D. The summed E-state index contributed by atoms with van der Waals surface area (Å²) < 4.78 is 111. The van der Waals surface area contributed by atoms with E-state index in [4.69, 9.17) is 21.2 Å². The maximum Gasteiger partial charge on any atom is 0.118 e. The van der Waals surface area contributed by atoms with Crippen molar-refractivity contribution >= 4 is 0 Å². The average molecular weight is 290 g/mol. The van der Waals surface area contributed by atoms with Crippen LogP contribution >= 0.6 is 0 Å². The van der Waals surface area contributed by atoms with Gasteiger partial charge in [-0.25, -0.2) is 0 Å². The molecule has 3 nitrogen and oxygen atoms in total. The summed E-state index contributed by atoms with van der Waals surface area (Å²) >= 11 is 0. The molecule has 1 aromatic carbocycles. The molecule has 0 heterocycles. The van der Waals surface area contributed by atoms with E-state index in [-0.39, 0.29) is 12.8 Å². The Morgan fingerprint density at radius 2 is 2.05 bits per heavy atom. The second-order valence-corrected chi connectivity index (χ2v) is 4.82. The minimum Gasteiger partial charge on any atom is -0.497 e. The van der Waals surface area contributed by atoms with Gasteiger partial charge < -0.3 is 14.7 Å². The van der Waals surface area contributed by atoms with Crippen LogP contribution in [0.3, 0.4) is 0 Å². The maximum atomic E-state index is 11.6. The third kappa shape index (κ3) is 3.53. The van der Waals surface area contributed by atoms with Gasteiger partial charge in [0.15, 0.2) is 0 Å². The Morgan fingerprint density at radius 1 is 1.40 bits per heavy atom. The van der Waals surface area contributed by atoms with Crippen LogP contribution in [0.2, 0.25) is 0 Å². The molecule has 1 aliphatic carbocycles. The van der Waals surface area contributed by atoms with Gasteiger partial charge in [0, 0.05) is 24.7 Å². The third-order valence-electron chi connectivity index (χ3n) is 3.43. The van der Waals surface area contributed by atoms with Crippen molar-refractivity contribution in [2.75, 3.05) is 27.6 Å². The van der Waals surface area contributed by atoms with E-state index < -0.39 is 72.3 Å². The predicted octanol–water partition coefficient (Wildman–Crippen LogP) is 3.04. The maximum absolute atomic E-state index is 11.6. The van der Waals surface area contributed by atoms with Crippen LogP contribution in [0.15, 0.2) is 24.2 Å². The number of hydrogen-bond acceptors (Lipinski definition) is 3. The van der Waals surface area contributed by atoms with E-state index in [1.807, 2.05) is 0 Å². The molecule has 112 valence electrons. The molecule has 2 rings (SSSR count). The van der Waals surface area contributed by atoms with E-state index >= 15 is 0 Å². The Hall–Kier alpha value is -1.06. The number of ether oxygens (including phenoxy) is 1. The van der Waals surface area contributed by atoms with Crippen molar-refractivity contribution in [3.63, 3.8) is 0 Å². The monoisotopic (exact) mass is 290 g/mol. The zero-order chi connectivity index (χ0) is 25.8. The number of hydrogen-bond donors (Lipinski definition) is 1. The molecule has 1 unspecified atom stereocenters. The average Bonchev–Trinajstić information content (AvgIpc) is 2.64. The number of rotatable bonds is 5. The van der Waals surface area contributed by atoms with Crippen LogP contribution in [-0.2, 0) is 0 Å². The summed E-state index contributed by atoms with van der Waals surface area (Å²) in [5.74, 6) is -3.73. The third-order valence-corrected chi connectivity index (χ3v) is 3.43. The molecule has 0 bridgehead atoms. The zero-order valence-electron chi connectivity index (χ0n) is 24.3. The Kier molecular flexibility index (Phi) is 1.85. The Morgan fingerprint density at radius 3 is 2.60 bits per heavy atom. The lowest BCUT2D eigenvalue weighted by Gasteiger charge is -2.40. The van der Waals surface area contributed by atoms with Crippen LogP contribution in [0.1, 0.15) is 61.4 Å². The SMILES string of the molecule is [2H]c1c([2H])c(C([2H])(C2(O)CCCCC2)C([2H])([2H])N(C([2H])([2H])[2H])C([2H])([2H])[2H])c([2H])c([2H])c1OC. The van der Waals surface area contributed by atoms with Crippen LogP contribution in [0, 0.1) is 0 Å². The fourth-order valence-corrected chi connectivity index (χ4v) is 2.42. The first-order valence-electron chi connectivity index (χ1n) is 13.0. The Bertz CT molecular complexity index is 849. The van der Waals surface area contributed by atoms with Crippen LogP contribution in [0.5, 0.6) is 5.75 Å². The van der Waals surface area contributed by atoms with Gasteiger partial charge >= 0.3 is 0 Å². The minimum absolute atomic E-state index is 0.239. The van der Waals surface area contributed by atoms with Crippen LogP contribution in [-0.4, -0.2) is 43.2 Å². The van der Waals surface area contributed by atoms with Crippen LogP contribution in [0.25, 0.3) is 0 Å². The fraction of sp³-hybridized carbons (Fsp3) is 0.647. The molecule has 0 aromatic heterocycles. The van der Waals surface area contributed by atoms with Gasteiger partial charge in [-0.3, -0.25) is 0 Å². The summed E-state index contributed by atoms with van der Waals surface area (Å²) in [5, 5.41) is 11.6. The normalized spacial score (nSPS) is 32.9. The molecule has 0 spiro atoms. The van der Waals surface area contributed by atoms with Gasteiger partial charge in [0.1, 0.15) is 5.75 Å². The van der Waals surface area contributed by atoms with Gasteiger partial charge in [-0.1, -0.05) is 31.3 Å². The summed E-state index contributed by atoms with van der Waals surface area (Å²) in [4.78, 5) is -0.483. The van der Waals surface area contributed by atoms with E-state index in [9.17, 15) is 6.48 Å². The molecular weight excluding hydrogens is 250 g/mol. The smallest absolute Gasteiger partial charge is 0.118 e. The van der Waals surface area contributed by atoms with Gasteiger partial charge in [-0.05, 0) is 44.4 Å². The number of nitrogens with zero attached hydrogens (tertiary/aromatic N) is 1. The summed E-state index contributed by atoms with van der Waals surface area (Å²) in [7, 11) is 1.09.